The van der Waals surface area contributed by atoms with Crippen molar-refractivity contribution in [3.8, 4) is 0 Å². The van der Waals surface area contributed by atoms with Gasteiger partial charge < -0.3 is 15.7 Å². The first-order valence-corrected chi connectivity index (χ1v) is 5.30. The second-order valence-electron chi connectivity index (χ2n) is 4.26. The highest BCUT2D eigenvalue weighted by molar-refractivity contribution is 5.80. The smallest absolute Gasteiger partial charge is 0.325 e. The number of nitrogens with zero attached hydrogens (tertiary/aromatic N) is 3. The van der Waals surface area contributed by atoms with Crippen LogP contribution in [0.25, 0.3) is 0 Å². The molecule has 0 radical (unpaired) electrons. The van der Waals surface area contributed by atoms with Crippen molar-refractivity contribution >= 4 is 17.5 Å². The van der Waals surface area contributed by atoms with Gasteiger partial charge in [-0.1, -0.05) is 0 Å². The van der Waals surface area contributed by atoms with Gasteiger partial charge >= 0.3 is 5.97 Å². The number of nitrogens with two attached hydrogens (primary N) is 1. The van der Waals surface area contributed by atoms with Gasteiger partial charge in [-0.05, 0) is 6.42 Å². The van der Waals surface area contributed by atoms with Crippen LogP contribution < -0.4 is 10.6 Å². The van der Waals surface area contributed by atoms with Crippen molar-refractivity contribution in [3.63, 3.8) is 0 Å². The number of anilines is 1. The van der Waals surface area contributed by atoms with Gasteiger partial charge in [-0.2, -0.15) is 0 Å². The van der Waals surface area contributed by atoms with E-state index in [1.165, 1.54) is 18.3 Å². The number of rotatable bonds is 3. The second-order valence-corrected chi connectivity index (χ2v) is 4.26. The lowest BCUT2D eigenvalue weighted by molar-refractivity contribution is -0.384. The maximum atomic E-state index is 11.0. The number of aromatic nitrogens is 1. The molecule has 96 valence electrons. The van der Waals surface area contributed by atoms with Gasteiger partial charge in [-0.3, -0.25) is 14.9 Å². The van der Waals surface area contributed by atoms with E-state index in [-0.39, 0.29) is 18.7 Å². The van der Waals surface area contributed by atoms with Crippen molar-refractivity contribution in [2.75, 3.05) is 18.0 Å². The minimum absolute atomic E-state index is 0.0788. The molecule has 0 spiro atoms. The van der Waals surface area contributed by atoms with Gasteiger partial charge in [0.15, 0.2) is 0 Å². The van der Waals surface area contributed by atoms with Crippen molar-refractivity contribution in [1.29, 1.82) is 0 Å². The molecule has 1 aromatic rings. The van der Waals surface area contributed by atoms with E-state index < -0.39 is 16.4 Å². The van der Waals surface area contributed by atoms with Gasteiger partial charge in [0, 0.05) is 25.4 Å². The van der Waals surface area contributed by atoms with E-state index in [1.54, 1.807) is 4.90 Å². The van der Waals surface area contributed by atoms with Gasteiger partial charge in [0.25, 0.3) is 5.69 Å². The summed E-state index contributed by atoms with van der Waals surface area (Å²) in [6.07, 6.45) is 1.61. The van der Waals surface area contributed by atoms with Gasteiger partial charge in [0.2, 0.25) is 0 Å². The molecule has 0 aliphatic carbocycles. The van der Waals surface area contributed by atoms with Crippen LogP contribution in [0.3, 0.4) is 0 Å². The third-order valence-electron chi connectivity index (χ3n) is 2.99. The normalized spacial score (nSPS) is 23.1. The molecule has 1 fully saturated rings. The maximum absolute atomic E-state index is 11.0. The maximum Gasteiger partial charge on any atom is 0.325 e. The van der Waals surface area contributed by atoms with Crippen molar-refractivity contribution in [1.82, 2.24) is 4.98 Å². The molecule has 0 bridgehead atoms. The predicted molar refractivity (Wildman–Crippen MR) is 62.3 cm³/mol. The van der Waals surface area contributed by atoms with E-state index in [4.69, 9.17) is 10.8 Å². The number of aliphatic carboxylic acids is 1. The highest BCUT2D eigenvalue weighted by atomic mass is 16.6. The molecule has 1 atom stereocenters. The SMILES string of the molecule is NC1(C(=O)O)CCN(c2cc([N+](=O)[O-])ccn2)C1. The molecule has 1 aromatic heterocycles. The Bertz CT molecular complexity index is 506. The van der Waals surface area contributed by atoms with Crippen LogP contribution in [0.5, 0.6) is 0 Å². The Morgan fingerprint density at radius 2 is 2.39 bits per heavy atom. The third-order valence-corrected chi connectivity index (χ3v) is 2.99. The summed E-state index contributed by atoms with van der Waals surface area (Å²) in [7, 11) is 0. The topological polar surface area (TPSA) is 123 Å². The average molecular weight is 252 g/mol. The van der Waals surface area contributed by atoms with Crippen molar-refractivity contribution < 1.29 is 14.8 Å². The summed E-state index contributed by atoms with van der Waals surface area (Å²) in [6.45, 7) is 0.507. The first-order valence-electron chi connectivity index (χ1n) is 5.30. The molecular weight excluding hydrogens is 240 g/mol. The minimum Gasteiger partial charge on any atom is -0.480 e. The monoisotopic (exact) mass is 252 g/mol. The molecule has 2 rings (SSSR count). The standard InChI is InChI=1S/C10H12N4O4/c11-10(9(15)16)2-4-13(6-10)8-5-7(14(17)18)1-3-12-8/h1,3,5H,2,4,6,11H2,(H,15,16). The number of nitro groups is 1. The van der Waals surface area contributed by atoms with Crippen molar-refractivity contribution in [2.24, 2.45) is 5.73 Å². The van der Waals surface area contributed by atoms with Gasteiger partial charge in [0.1, 0.15) is 11.4 Å². The summed E-state index contributed by atoms with van der Waals surface area (Å²) in [5.74, 6) is -0.701. The van der Waals surface area contributed by atoms with E-state index in [2.05, 4.69) is 4.98 Å². The molecule has 1 aliphatic heterocycles. The number of pyridine rings is 1. The van der Waals surface area contributed by atoms with E-state index in [9.17, 15) is 14.9 Å². The zero-order valence-corrected chi connectivity index (χ0v) is 9.44. The molecular formula is C10H12N4O4. The summed E-state index contributed by atoms with van der Waals surface area (Å²) < 4.78 is 0. The lowest BCUT2D eigenvalue weighted by Gasteiger charge is -2.20. The van der Waals surface area contributed by atoms with Crippen LogP contribution in [0, 0.1) is 10.1 Å². The highest BCUT2D eigenvalue weighted by Crippen LogP contribution is 2.26. The Morgan fingerprint density at radius 1 is 1.67 bits per heavy atom. The fourth-order valence-electron chi connectivity index (χ4n) is 1.90. The lowest BCUT2D eigenvalue weighted by atomic mass is 10.0. The largest absolute Gasteiger partial charge is 0.480 e. The van der Waals surface area contributed by atoms with E-state index in [0.29, 0.717) is 12.4 Å². The van der Waals surface area contributed by atoms with Crippen molar-refractivity contribution in [2.45, 2.75) is 12.0 Å². The highest BCUT2D eigenvalue weighted by Gasteiger charge is 2.41. The zero-order valence-electron chi connectivity index (χ0n) is 9.44. The van der Waals surface area contributed by atoms with Crippen LogP contribution in [0.4, 0.5) is 11.5 Å². The first kappa shape index (κ1) is 12.2. The van der Waals surface area contributed by atoms with Gasteiger partial charge in [-0.25, -0.2) is 4.98 Å². The van der Waals surface area contributed by atoms with Crippen LogP contribution in [0.15, 0.2) is 18.3 Å². The average Bonchev–Trinajstić information content (AvgIpc) is 2.73. The van der Waals surface area contributed by atoms with Crippen LogP contribution in [0.1, 0.15) is 6.42 Å². The van der Waals surface area contributed by atoms with Gasteiger partial charge in [-0.15, -0.1) is 0 Å². The minimum atomic E-state index is -1.31. The molecule has 1 saturated heterocycles. The number of hydrogen-bond donors (Lipinski definition) is 2. The Morgan fingerprint density at radius 3 is 2.94 bits per heavy atom. The van der Waals surface area contributed by atoms with Crippen LogP contribution in [0.2, 0.25) is 0 Å². The van der Waals surface area contributed by atoms with E-state index in [1.807, 2.05) is 0 Å². The second kappa shape index (κ2) is 4.22. The van der Waals surface area contributed by atoms with Crippen molar-refractivity contribution in [3.05, 3.63) is 28.4 Å². The van der Waals surface area contributed by atoms with E-state index >= 15 is 0 Å². The van der Waals surface area contributed by atoms with Crippen LogP contribution >= 0.6 is 0 Å². The predicted octanol–water partition coefficient (Wildman–Crippen LogP) is -0.0180. The molecule has 3 N–H and O–H groups in total. The molecule has 0 amide bonds. The Labute approximate surface area is 102 Å². The van der Waals surface area contributed by atoms with Crippen LogP contribution in [-0.2, 0) is 4.79 Å². The van der Waals surface area contributed by atoms with Crippen LogP contribution in [-0.4, -0.2) is 39.6 Å². The quantitative estimate of drug-likeness (QED) is 0.572. The Balaban J connectivity index is 2.22. The third kappa shape index (κ3) is 2.09. The molecule has 0 aromatic carbocycles. The molecule has 18 heavy (non-hydrogen) atoms. The van der Waals surface area contributed by atoms with E-state index in [0.717, 1.165) is 0 Å². The fraction of sp³-hybridized carbons (Fsp3) is 0.400. The molecule has 1 aliphatic rings. The summed E-state index contributed by atoms with van der Waals surface area (Å²) in [5.41, 5.74) is 4.33. The summed E-state index contributed by atoms with van der Waals surface area (Å²) in [6, 6.07) is 2.60. The number of hydrogen-bond acceptors (Lipinski definition) is 6. The molecule has 1 unspecified atom stereocenters. The first-order chi connectivity index (χ1) is 8.42. The molecule has 0 saturated carbocycles. The lowest BCUT2D eigenvalue weighted by Crippen LogP contribution is -2.50. The Kier molecular flexibility index (Phi) is 2.87. The number of carboxylic acids is 1. The Hall–Kier alpha value is -2.22. The number of carbonyl (C=O) groups is 1. The zero-order chi connectivity index (χ0) is 13.3. The summed E-state index contributed by atoms with van der Waals surface area (Å²) in [5, 5.41) is 19.6. The molecule has 2 heterocycles. The fourth-order valence-corrected chi connectivity index (χ4v) is 1.90. The molecule has 8 heteroatoms. The summed E-state index contributed by atoms with van der Waals surface area (Å²) >= 11 is 0. The summed E-state index contributed by atoms with van der Waals surface area (Å²) in [4.78, 5) is 26.8. The van der Waals surface area contributed by atoms with Gasteiger partial charge in [0.05, 0.1) is 11.0 Å². The molecule has 8 nitrogen and oxygen atoms in total. The number of carboxylic acid groups (broad SMARTS) is 1.